The maximum Gasteiger partial charge on any atom is 0.251 e. The molecule has 24 heavy (non-hydrogen) atoms. The highest BCUT2D eigenvalue weighted by molar-refractivity contribution is 7.89. The van der Waals surface area contributed by atoms with Crippen LogP contribution in [0, 0.1) is 5.92 Å². The van der Waals surface area contributed by atoms with Gasteiger partial charge in [0.2, 0.25) is 10.0 Å². The third kappa shape index (κ3) is 4.34. The Balaban J connectivity index is 1.63. The lowest BCUT2D eigenvalue weighted by atomic mass is 9.93. The van der Waals surface area contributed by atoms with Crippen molar-refractivity contribution in [2.45, 2.75) is 43.0 Å². The maximum atomic E-state index is 12.5. The third-order valence-electron chi connectivity index (χ3n) is 4.66. The molecule has 1 heterocycles. The van der Waals surface area contributed by atoms with Gasteiger partial charge in [0, 0.05) is 24.8 Å². The van der Waals surface area contributed by atoms with E-state index in [2.05, 4.69) is 10.0 Å². The molecule has 1 atom stereocenters. The average Bonchev–Trinajstić information content (AvgIpc) is 2.57. The van der Waals surface area contributed by atoms with Crippen LogP contribution in [-0.4, -0.2) is 40.1 Å². The van der Waals surface area contributed by atoms with Crippen LogP contribution in [0.5, 0.6) is 0 Å². The van der Waals surface area contributed by atoms with Crippen molar-refractivity contribution in [1.82, 2.24) is 10.0 Å². The van der Waals surface area contributed by atoms with Gasteiger partial charge in [-0.25, -0.2) is 13.1 Å². The van der Waals surface area contributed by atoms with Crippen molar-refractivity contribution in [3.05, 3.63) is 29.8 Å². The normalized spacial score (nSPS) is 21.9. The number of ether oxygens (including phenoxy) is 1. The van der Waals surface area contributed by atoms with Crippen LogP contribution in [0.4, 0.5) is 0 Å². The van der Waals surface area contributed by atoms with Crippen molar-refractivity contribution >= 4 is 15.9 Å². The minimum atomic E-state index is -3.62. The van der Waals surface area contributed by atoms with Gasteiger partial charge in [-0.3, -0.25) is 4.79 Å². The van der Waals surface area contributed by atoms with E-state index in [0.29, 0.717) is 18.7 Å². The predicted molar refractivity (Wildman–Crippen MR) is 90.3 cm³/mol. The molecular formula is C17H24N2O4S. The van der Waals surface area contributed by atoms with E-state index in [-0.39, 0.29) is 22.8 Å². The fraction of sp³-hybridized carbons (Fsp3) is 0.588. The van der Waals surface area contributed by atoms with Crippen LogP contribution in [0.2, 0.25) is 0 Å². The minimum Gasteiger partial charge on any atom is -0.381 e. The first-order valence-electron chi connectivity index (χ1n) is 8.53. The van der Waals surface area contributed by atoms with Crippen LogP contribution in [0.1, 0.15) is 42.5 Å². The lowest BCUT2D eigenvalue weighted by molar-refractivity contribution is 0.0568. The van der Waals surface area contributed by atoms with E-state index < -0.39 is 10.0 Å². The first-order chi connectivity index (χ1) is 11.5. The number of carbonyl (C=O) groups is 1. The van der Waals surface area contributed by atoms with Crippen molar-refractivity contribution < 1.29 is 17.9 Å². The first-order valence-corrected chi connectivity index (χ1v) is 10.0. The Labute approximate surface area is 143 Å². The Morgan fingerprint density at radius 3 is 2.71 bits per heavy atom. The molecule has 2 fully saturated rings. The molecule has 0 spiro atoms. The zero-order valence-electron chi connectivity index (χ0n) is 13.7. The summed E-state index contributed by atoms with van der Waals surface area (Å²) in [4.78, 5) is 12.3. The second-order valence-corrected chi connectivity index (χ2v) is 8.33. The molecule has 2 aliphatic rings. The number of carbonyl (C=O) groups excluding carboxylic acids is 1. The largest absolute Gasteiger partial charge is 0.381 e. The van der Waals surface area contributed by atoms with E-state index in [1.54, 1.807) is 12.1 Å². The van der Waals surface area contributed by atoms with Crippen LogP contribution in [0.15, 0.2) is 29.2 Å². The van der Waals surface area contributed by atoms with Gasteiger partial charge in [0.05, 0.1) is 11.5 Å². The monoisotopic (exact) mass is 352 g/mol. The molecule has 2 N–H and O–H groups in total. The molecule has 1 saturated carbocycles. The van der Waals surface area contributed by atoms with Crippen molar-refractivity contribution in [3.63, 3.8) is 0 Å². The van der Waals surface area contributed by atoms with Crippen molar-refractivity contribution in [2.24, 2.45) is 5.92 Å². The van der Waals surface area contributed by atoms with E-state index in [1.165, 1.54) is 12.1 Å². The molecule has 3 rings (SSSR count). The Kier molecular flexibility index (Phi) is 5.53. The van der Waals surface area contributed by atoms with Gasteiger partial charge in [-0.2, -0.15) is 0 Å². The van der Waals surface area contributed by atoms with Crippen LogP contribution in [-0.2, 0) is 14.8 Å². The van der Waals surface area contributed by atoms with Crippen LogP contribution in [0.3, 0.4) is 0 Å². The first kappa shape index (κ1) is 17.4. The van der Waals surface area contributed by atoms with Crippen LogP contribution in [0.25, 0.3) is 0 Å². The smallest absolute Gasteiger partial charge is 0.251 e. The zero-order valence-corrected chi connectivity index (χ0v) is 14.5. The van der Waals surface area contributed by atoms with Gasteiger partial charge in [0.15, 0.2) is 0 Å². The summed E-state index contributed by atoms with van der Waals surface area (Å²) in [5.74, 6) is -0.00365. The van der Waals surface area contributed by atoms with Crippen LogP contribution < -0.4 is 10.0 Å². The van der Waals surface area contributed by atoms with E-state index in [4.69, 9.17) is 4.74 Å². The van der Waals surface area contributed by atoms with Gasteiger partial charge in [-0.1, -0.05) is 6.07 Å². The highest BCUT2D eigenvalue weighted by Gasteiger charge is 2.22. The fourth-order valence-corrected chi connectivity index (χ4v) is 4.07. The van der Waals surface area contributed by atoms with Gasteiger partial charge in [-0.05, 0) is 56.2 Å². The van der Waals surface area contributed by atoms with Crippen LogP contribution >= 0.6 is 0 Å². The molecule has 1 aliphatic carbocycles. The van der Waals surface area contributed by atoms with Gasteiger partial charge < -0.3 is 10.1 Å². The highest BCUT2D eigenvalue weighted by Crippen LogP contribution is 2.19. The molecule has 1 aromatic carbocycles. The summed E-state index contributed by atoms with van der Waals surface area (Å²) in [6.07, 6.45) is 5.05. The summed E-state index contributed by atoms with van der Waals surface area (Å²) in [6.45, 7) is 1.70. The Hall–Kier alpha value is -1.44. The third-order valence-corrected chi connectivity index (χ3v) is 6.08. The van der Waals surface area contributed by atoms with E-state index >= 15 is 0 Å². The Bertz CT molecular complexity index is 680. The summed E-state index contributed by atoms with van der Waals surface area (Å²) in [7, 11) is -3.62. The Morgan fingerprint density at radius 1 is 1.21 bits per heavy atom. The molecule has 1 aromatic rings. The van der Waals surface area contributed by atoms with Crippen molar-refractivity contribution in [3.8, 4) is 0 Å². The molecule has 6 nitrogen and oxygen atoms in total. The van der Waals surface area contributed by atoms with Gasteiger partial charge in [0.1, 0.15) is 0 Å². The summed E-state index contributed by atoms with van der Waals surface area (Å²) in [5.41, 5.74) is 0.380. The van der Waals surface area contributed by atoms with Gasteiger partial charge in [0.25, 0.3) is 5.91 Å². The van der Waals surface area contributed by atoms with E-state index in [9.17, 15) is 13.2 Å². The lowest BCUT2D eigenvalue weighted by Crippen LogP contribution is -2.39. The van der Waals surface area contributed by atoms with Crippen molar-refractivity contribution in [2.75, 3.05) is 19.8 Å². The number of nitrogens with one attached hydrogen (secondary N) is 2. The molecule has 0 bridgehead atoms. The number of hydrogen-bond acceptors (Lipinski definition) is 4. The predicted octanol–water partition coefficient (Wildman–Crippen LogP) is 1.67. The molecule has 0 radical (unpaired) electrons. The number of hydrogen-bond donors (Lipinski definition) is 2. The molecule has 0 aromatic heterocycles. The molecule has 1 saturated heterocycles. The molecule has 1 unspecified atom stereocenters. The zero-order chi connectivity index (χ0) is 17.0. The SMILES string of the molecule is O=C(NC1CCC1)c1cccc(S(=O)(=O)NCC2CCCOC2)c1. The quantitative estimate of drug-likeness (QED) is 0.816. The highest BCUT2D eigenvalue weighted by atomic mass is 32.2. The minimum absolute atomic E-state index is 0.125. The standard InChI is InChI=1S/C17H24N2O4S/c20-17(19-15-6-2-7-15)14-5-1-8-16(10-14)24(21,22)18-11-13-4-3-9-23-12-13/h1,5,8,10,13,15,18H,2-4,6-7,9,11-12H2,(H,19,20). The van der Waals surface area contributed by atoms with E-state index in [1.807, 2.05) is 0 Å². The van der Waals surface area contributed by atoms with E-state index in [0.717, 1.165) is 38.7 Å². The molecule has 7 heteroatoms. The maximum absolute atomic E-state index is 12.5. The average molecular weight is 352 g/mol. The number of rotatable bonds is 6. The molecular weight excluding hydrogens is 328 g/mol. The second-order valence-electron chi connectivity index (χ2n) is 6.56. The molecule has 1 aliphatic heterocycles. The summed E-state index contributed by atoms with van der Waals surface area (Å²) in [6, 6.07) is 6.42. The number of sulfonamides is 1. The summed E-state index contributed by atoms with van der Waals surface area (Å²) in [5, 5.41) is 2.92. The number of benzene rings is 1. The van der Waals surface area contributed by atoms with Gasteiger partial charge >= 0.3 is 0 Å². The van der Waals surface area contributed by atoms with Crippen molar-refractivity contribution in [1.29, 1.82) is 0 Å². The summed E-state index contributed by atoms with van der Waals surface area (Å²) < 4.78 is 32.9. The second kappa shape index (κ2) is 7.63. The van der Waals surface area contributed by atoms with Gasteiger partial charge in [-0.15, -0.1) is 0 Å². The Morgan fingerprint density at radius 2 is 2.04 bits per heavy atom. The molecule has 1 amide bonds. The fourth-order valence-electron chi connectivity index (χ4n) is 2.91. The lowest BCUT2D eigenvalue weighted by Gasteiger charge is -2.26. The molecule has 132 valence electrons. The topological polar surface area (TPSA) is 84.5 Å². The summed E-state index contributed by atoms with van der Waals surface area (Å²) >= 11 is 0. The number of amides is 1.